The molecule has 0 aromatic heterocycles. The van der Waals surface area contributed by atoms with Gasteiger partial charge in [-0.2, -0.15) is 0 Å². The first-order valence-electron chi connectivity index (χ1n) is 9.90. The topological polar surface area (TPSA) is 81.7 Å². The van der Waals surface area contributed by atoms with Gasteiger partial charge in [0.05, 0.1) is 24.3 Å². The molecule has 1 N–H and O–H groups in total. The van der Waals surface area contributed by atoms with Gasteiger partial charge in [-0.15, -0.1) is 0 Å². The summed E-state index contributed by atoms with van der Waals surface area (Å²) >= 11 is 0. The van der Waals surface area contributed by atoms with Crippen LogP contribution in [0.15, 0.2) is 48.5 Å². The standard InChI is InChI=1S/C23H27NO5/c1-3-5-15-28-22(26)18-9-7-17(8-10-18)21(25)24-20-13-11-19(12-14-20)23(27)29-16-6-4-2/h7-14H,3-6,15-16H2,1-2H3,(H,24,25). The summed E-state index contributed by atoms with van der Waals surface area (Å²) < 4.78 is 10.3. The highest BCUT2D eigenvalue weighted by Crippen LogP contribution is 2.13. The molecule has 0 unspecified atom stereocenters. The van der Waals surface area contributed by atoms with Gasteiger partial charge in [-0.25, -0.2) is 9.59 Å². The van der Waals surface area contributed by atoms with Crippen molar-refractivity contribution in [2.45, 2.75) is 39.5 Å². The Hall–Kier alpha value is -3.15. The molecular weight excluding hydrogens is 370 g/mol. The monoisotopic (exact) mass is 397 g/mol. The molecule has 6 nitrogen and oxygen atoms in total. The van der Waals surface area contributed by atoms with Gasteiger partial charge in [-0.1, -0.05) is 26.7 Å². The summed E-state index contributed by atoms with van der Waals surface area (Å²) in [6, 6.07) is 12.8. The third-order valence-corrected chi connectivity index (χ3v) is 4.22. The lowest BCUT2D eigenvalue weighted by Crippen LogP contribution is -2.13. The first kappa shape index (κ1) is 22.1. The number of nitrogens with one attached hydrogen (secondary N) is 1. The molecule has 6 heteroatoms. The summed E-state index contributed by atoms with van der Waals surface area (Å²) in [7, 11) is 0. The number of carbonyl (C=O) groups is 3. The van der Waals surface area contributed by atoms with Gasteiger partial charge in [0.25, 0.3) is 5.91 Å². The van der Waals surface area contributed by atoms with Crippen molar-refractivity contribution in [1.82, 2.24) is 0 Å². The number of amides is 1. The van der Waals surface area contributed by atoms with Crippen LogP contribution in [0.5, 0.6) is 0 Å². The van der Waals surface area contributed by atoms with E-state index in [1.165, 1.54) is 0 Å². The van der Waals surface area contributed by atoms with Gasteiger partial charge in [-0.05, 0) is 61.4 Å². The molecule has 0 aliphatic carbocycles. The number of hydrogen-bond acceptors (Lipinski definition) is 5. The molecule has 29 heavy (non-hydrogen) atoms. The van der Waals surface area contributed by atoms with E-state index in [4.69, 9.17) is 9.47 Å². The van der Waals surface area contributed by atoms with Crippen LogP contribution in [0, 0.1) is 0 Å². The Kier molecular flexibility index (Phi) is 8.89. The summed E-state index contributed by atoms with van der Waals surface area (Å²) in [5.41, 5.74) is 1.81. The van der Waals surface area contributed by atoms with E-state index in [0.717, 1.165) is 25.7 Å². The van der Waals surface area contributed by atoms with Crippen LogP contribution in [-0.2, 0) is 9.47 Å². The molecule has 1 amide bonds. The average molecular weight is 397 g/mol. The molecule has 0 spiro atoms. The first-order valence-corrected chi connectivity index (χ1v) is 9.90. The van der Waals surface area contributed by atoms with Crippen LogP contribution in [0.4, 0.5) is 5.69 Å². The predicted molar refractivity (Wildman–Crippen MR) is 111 cm³/mol. The Balaban J connectivity index is 1.91. The van der Waals surface area contributed by atoms with Crippen LogP contribution in [0.2, 0.25) is 0 Å². The number of carbonyl (C=O) groups excluding carboxylic acids is 3. The molecule has 0 radical (unpaired) electrons. The fourth-order valence-corrected chi connectivity index (χ4v) is 2.44. The van der Waals surface area contributed by atoms with E-state index in [1.54, 1.807) is 48.5 Å². The molecule has 0 fully saturated rings. The smallest absolute Gasteiger partial charge is 0.338 e. The predicted octanol–water partition coefficient (Wildman–Crippen LogP) is 4.85. The van der Waals surface area contributed by atoms with Crippen molar-refractivity contribution in [3.8, 4) is 0 Å². The number of rotatable bonds is 10. The normalized spacial score (nSPS) is 10.3. The van der Waals surface area contributed by atoms with E-state index < -0.39 is 5.97 Å². The molecule has 154 valence electrons. The third-order valence-electron chi connectivity index (χ3n) is 4.22. The Morgan fingerprint density at radius 2 is 1.10 bits per heavy atom. The highest BCUT2D eigenvalue weighted by atomic mass is 16.5. The molecule has 2 aromatic rings. The number of ether oxygens (including phenoxy) is 2. The van der Waals surface area contributed by atoms with E-state index >= 15 is 0 Å². The number of esters is 2. The second-order valence-corrected chi connectivity index (χ2v) is 6.59. The van der Waals surface area contributed by atoms with Gasteiger partial charge in [0.1, 0.15) is 0 Å². The van der Waals surface area contributed by atoms with Crippen LogP contribution in [-0.4, -0.2) is 31.1 Å². The summed E-state index contributed by atoms with van der Waals surface area (Å²) in [5.74, 6) is -1.08. The Labute approximate surface area is 171 Å². The largest absolute Gasteiger partial charge is 0.462 e. The van der Waals surface area contributed by atoms with E-state index in [2.05, 4.69) is 5.32 Å². The minimum Gasteiger partial charge on any atom is -0.462 e. The van der Waals surface area contributed by atoms with E-state index in [9.17, 15) is 14.4 Å². The number of hydrogen-bond donors (Lipinski definition) is 1. The van der Waals surface area contributed by atoms with Gasteiger partial charge in [0.2, 0.25) is 0 Å². The lowest BCUT2D eigenvalue weighted by atomic mass is 10.1. The van der Waals surface area contributed by atoms with Gasteiger partial charge in [-0.3, -0.25) is 4.79 Å². The molecule has 2 rings (SSSR count). The first-order chi connectivity index (χ1) is 14.0. The van der Waals surface area contributed by atoms with Gasteiger partial charge < -0.3 is 14.8 Å². The van der Waals surface area contributed by atoms with Crippen molar-refractivity contribution in [2.24, 2.45) is 0 Å². The molecule has 0 atom stereocenters. The highest BCUT2D eigenvalue weighted by molar-refractivity contribution is 6.05. The van der Waals surface area contributed by atoms with Crippen LogP contribution < -0.4 is 5.32 Å². The average Bonchev–Trinajstić information content (AvgIpc) is 2.74. The fourth-order valence-electron chi connectivity index (χ4n) is 2.44. The quantitative estimate of drug-likeness (QED) is 0.458. The van der Waals surface area contributed by atoms with E-state index in [1.807, 2.05) is 13.8 Å². The van der Waals surface area contributed by atoms with Gasteiger partial charge in [0.15, 0.2) is 0 Å². The number of benzene rings is 2. The van der Waals surface area contributed by atoms with E-state index in [-0.39, 0.29) is 11.9 Å². The molecule has 0 heterocycles. The number of anilines is 1. The zero-order valence-corrected chi connectivity index (χ0v) is 16.9. The number of unbranched alkanes of at least 4 members (excludes halogenated alkanes) is 2. The van der Waals surface area contributed by atoms with Crippen molar-refractivity contribution in [2.75, 3.05) is 18.5 Å². The Bertz CT molecular complexity index is 812. The minimum atomic E-state index is -0.396. The summed E-state index contributed by atoms with van der Waals surface area (Å²) in [6.45, 7) is 4.84. The molecule has 0 aliphatic rings. The molecule has 0 aliphatic heterocycles. The maximum Gasteiger partial charge on any atom is 0.338 e. The van der Waals surface area contributed by atoms with Gasteiger partial charge >= 0.3 is 11.9 Å². The Morgan fingerprint density at radius 3 is 1.55 bits per heavy atom. The van der Waals surface area contributed by atoms with Crippen LogP contribution in [0.3, 0.4) is 0 Å². The zero-order valence-electron chi connectivity index (χ0n) is 16.9. The molecule has 0 saturated carbocycles. The summed E-state index contributed by atoms with van der Waals surface area (Å²) in [6.07, 6.45) is 3.56. The Morgan fingerprint density at radius 1 is 0.690 bits per heavy atom. The summed E-state index contributed by atoms with van der Waals surface area (Å²) in [4.78, 5) is 36.2. The molecule has 0 saturated heterocycles. The third kappa shape index (κ3) is 7.07. The van der Waals surface area contributed by atoms with Crippen LogP contribution in [0.25, 0.3) is 0 Å². The van der Waals surface area contributed by atoms with Crippen molar-refractivity contribution >= 4 is 23.5 Å². The lowest BCUT2D eigenvalue weighted by molar-refractivity contribution is 0.0490. The maximum absolute atomic E-state index is 12.4. The van der Waals surface area contributed by atoms with Crippen molar-refractivity contribution in [3.05, 3.63) is 65.2 Å². The van der Waals surface area contributed by atoms with Gasteiger partial charge in [0, 0.05) is 11.3 Å². The zero-order chi connectivity index (χ0) is 21.1. The summed E-state index contributed by atoms with van der Waals surface area (Å²) in [5, 5.41) is 2.76. The van der Waals surface area contributed by atoms with E-state index in [0.29, 0.717) is 35.6 Å². The highest BCUT2D eigenvalue weighted by Gasteiger charge is 2.11. The molecular formula is C23H27NO5. The molecule has 0 bridgehead atoms. The van der Waals surface area contributed by atoms with Crippen molar-refractivity contribution < 1.29 is 23.9 Å². The van der Waals surface area contributed by atoms with Crippen LogP contribution >= 0.6 is 0 Å². The minimum absolute atomic E-state index is 0.311. The molecule has 2 aromatic carbocycles. The fraction of sp³-hybridized carbons (Fsp3) is 0.348. The van der Waals surface area contributed by atoms with Crippen molar-refractivity contribution in [3.63, 3.8) is 0 Å². The maximum atomic E-state index is 12.4. The second kappa shape index (κ2) is 11.6. The second-order valence-electron chi connectivity index (χ2n) is 6.59. The SMILES string of the molecule is CCCCOC(=O)c1ccc(NC(=O)c2ccc(C(=O)OCCCC)cc2)cc1. The lowest BCUT2D eigenvalue weighted by Gasteiger charge is -2.08. The van der Waals surface area contributed by atoms with Crippen LogP contribution in [0.1, 0.15) is 70.6 Å². The van der Waals surface area contributed by atoms with Crippen molar-refractivity contribution in [1.29, 1.82) is 0 Å².